The molecule has 0 bridgehead atoms. The monoisotopic (exact) mass is 472 g/mol. The van der Waals surface area contributed by atoms with Gasteiger partial charge in [-0.2, -0.15) is 0 Å². The number of esters is 5. The van der Waals surface area contributed by atoms with Gasteiger partial charge in [-0.3, -0.25) is 34.1 Å². The molecular formula is C19H24N2O12. The van der Waals surface area contributed by atoms with E-state index in [0.717, 1.165) is 47.0 Å². The number of nitrogens with one attached hydrogen (secondary N) is 1. The van der Waals surface area contributed by atoms with E-state index in [2.05, 4.69) is 4.98 Å². The molecule has 14 heteroatoms. The number of hydrogen-bond acceptors (Lipinski definition) is 12. The van der Waals surface area contributed by atoms with Gasteiger partial charge in [0.1, 0.15) is 6.61 Å². The molecule has 0 aromatic carbocycles. The first-order valence-electron chi connectivity index (χ1n) is 9.46. The van der Waals surface area contributed by atoms with E-state index in [4.69, 9.17) is 23.7 Å². The van der Waals surface area contributed by atoms with Gasteiger partial charge in [0.15, 0.2) is 24.4 Å². The van der Waals surface area contributed by atoms with Crippen LogP contribution >= 0.6 is 0 Å². The molecule has 0 amide bonds. The van der Waals surface area contributed by atoms with Crippen molar-refractivity contribution in [1.82, 2.24) is 4.98 Å². The second-order valence-electron chi connectivity index (χ2n) is 6.68. The molecule has 1 aromatic heterocycles. The predicted molar refractivity (Wildman–Crippen MR) is 105 cm³/mol. The number of aromatic amines is 1. The quantitative estimate of drug-likeness (QED) is 0.207. The maximum Gasteiger partial charge on any atom is 0.303 e. The smallest absolute Gasteiger partial charge is 0.303 e. The van der Waals surface area contributed by atoms with E-state index < -0.39 is 71.5 Å². The van der Waals surface area contributed by atoms with Crippen molar-refractivity contribution in [2.45, 2.75) is 59.0 Å². The molecule has 0 spiro atoms. The molecule has 0 fully saturated rings. The minimum absolute atomic E-state index is 0.229. The maximum atomic E-state index is 11.9. The minimum Gasteiger partial charge on any atom is -0.462 e. The zero-order valence-electron chi connectivity index (χ0n) is 18.5. The van der Waals surface area contributed by atoms with Crippen molar-refractivity contribution < 1.29 is 52.6 Å². The molecule has 0 unspecified atom stereocenters. The van der Waals surface area contributed by atoms with Crippen molar-refractivity contribution in [3.63, 3.8) is 0 Å². The first kappa shape index (κ1) is 27.1. The second-order valence-corrected chi connectivity index (χ2v) is 6.68. The Morgan fingerprint density at radius 1 is 0.818 bits per heavy atom. The Morgan fingerprint density at radius 3 is 1.79 bits per heavy atom. The lowest BCUT2D eigenvalue weighted by atomic mass is 9.97. The molecule has 1 rings (SSSR count). The van der Waals surface area contributed by atoms with Gasteiger partial charge >= 0.3 is 29.8 Å². The van der Waals surface area contributed by atoms with Gasteiger partial charge < -0.3 is 28.7 Å². The highest BCUT2D eigenvalue weighted by Crippen LogP contribution is 2.35. The SMILES string of the molecule is CC(=O)OC[C@@H](OC(C)=O)[C@@H](OC(C)=O)[C@H](OC(C)=O)[C@H](OC(C)=O)c1c[nH]cc1[N+](=O)[O-]. The molecule has 4 atom stereocenters. The third-order valence-corrected chi connectivity index (χ3v) is 3.91. The normalized spacial score (nSPS) is 14.1. The fourth-order valence-electron chi connectivity index (χ4n) is 2.89. The third kappa shape index (κ3) is 8.59. The van der Waals surface area contributed by atoms with Crippen LogP contribution in [-0.2, 0) is 47.7 Å². The molecule has 14 nitrogen and oxygen atoms in total. The standard InChI is InChI=1S/C19H24N2O12/c1-9(22)29-8-16(30-10(2)23)18(32-12(4)25)19(33-13(5)26)17(31-11(3)24)14-6-20-7-15(14)21(27)28/h6-7,16-20H,8H2,1-5H3/t16-,17-,18-,19-/m1/s1. The van der Waals surface area contributed by atoms with Crippen molar-refractivity contribution >= 4 is 35.5 Å². The summed E-state index contributed by atoms with van der Waals surface area (Å²) in [5, 5.41) is 11.4. The molecule has 0 aliphatic heterocycles. The molecule has 0 saturated heterocycles. The molecule has 0 aliphatic rings. The number of nitrogens with zero attached hydrogens (tertiary/aromatic N) is 1. The number of carbonyl (C=O) groups excluding carboxylic acids is 5. The number of H-pyrrole nitrogens is 1. The van der Waals surface area contributed by atoms with E-state index in [1.54, 1.807) is 0 Å². The Bertz CT molecular complexity index is 908. The summed E-state index contributed by atoms with van der Waals surface area (Å²) in [7, 11) is 0. The molecule has 1 heterocycles. The summed E-state index contributed by atoms with van der Waals surface area (Å²) < 4.78 is 25.6. The van der Waals surface area contributed by atoms with Crippen LogP contribution in [0.2, 0.25) is 0 Å². The Kier molecular flexibility index (Phi) is 9.98. The van der Waals surface area contributed by atoms with Gasteiger partial charge in [0.2, 0.25) is 0 Å². The molecule has 0 aliphatic carbocycles. The van der Waals surface area contributed by atoms with Gasteiger partial charge in [0, 0.05) is 40.8 Å². The van der Waals surface area contributed by atoms with E-state index in [1.807, 2.05) is 0 Å². The fraction of sp³-hybridized carbons (Fsp3) is 0.526. The molecule has 0 radical (unpaired) electrons. The highest BCUT2D eigenvalue weighted by atomic mass is 16.6. The largest absolute Gasteiger partial charge is 0.462 e. The van der Waals surface area contributed by atoms with Crippen LogP contribution in [0, 0.1) is 10.1 Å². The lowest BCUT2D eigenvalue weighted by Gasteiger charge is -2.35. The first-order valence-corrected chi connectivity index (χ1v) is 9.46. The summed E-state index contributed by atoms with van der Waals surface area (Å²) in [6, 6.07) is 0. The van der Waals surface area contributed by atoms with E-state index in [-0.39, 0.29) is 5.56 Å². The van der Waals surface area contributed by atoms with Crippen LogP contribution in [0.4, 0.5) is 5.69 Å². The van der Waals surface area contributed by atoms with Crippen LogP contribution in [0.25, 0.3) is 0 Å². The van der Waals surface area contributed by atoms with E-state index in [1.165, 1.54) is 0 Å². The zero-order valence-corrected chi connectivity index (χ0v) is 18.5. The summed E-state index contributed by atoms with van der Waals surface area (Å²) in [5.74, 6) is -4.43. The number of nitro groups is 1. The summed E-state index contributed by atoms with van der Waals surface area (Å²) in [6.45, 7) is 4.44. The fourth-order valence-corrected chi connectivity index (χ4v) is 2.89. The van der Waals surface area contributed by atoms with Crippen molar-refractivity contribution in [1.29, 1.82) is 0 Å². The van der Waals surface area contributed by atoms with Crippen LogP contribution in [0.5, 0.6) is 0 Å². The Morgan fingerprint density at radius 2 is 1.33 bits per heavy atom. The summed E-state index contributed by atoms with van der Waals surface area (Å²) in [6.07, 6.45) is -4.54. The van der Waals surface area contributed by atoms with Crippen LogP contribution in [0.15, 0.2) is 12.4 Å². The lowest BCUT2D eigenvalue weighted by Crippen LogP contribution is -2.50. The number of rotatable bonds is 11. The highest BCUT2D eigenvalue weighted by Gasteiger charge is 2.46. The van der Waals surface area contributed by atoms with Gasteiger partial charge in [-0.15, -0.1) is 0 Å². The van der Waals surface area contributed by atoms with Gasteiger partial charge in [-0.25, -0.2) is 0 Å². The summed E-state index contributed by atoms with van der Waals surface area (Å²) in [4.78, 5) is 71.7. The Balaban J connectivity index is 3.67. The van der Waals surface area contributed by atoms with E-state index in [0.29, 0.717) is 0 Å². The van der Waals surface area contributed by atoms with Crippen molar-refractivity contribution in [3.8, 4) is 0 Å². The van der Waals surface area contributed by atoms with Crippen molar-refractivity contribution in [3.05, 3.63) is 28.1 Å². The molecule has 182 valence electrons. The summed E-state index contributed by atoms with van der Waals surface area (Å²) in [5.41, 5.74) is -0.753. The van der Waals surface area contributed by atoms with Gasteiger partial charge in [-0.05, 0) is 0 Å². The average molecular weight is 472 g/mol. The number of carbonyl (C=O) groups is 5. The molecule has 0 saturated carbocycles. The topological polar surface area (TPSA) is 190 Å². The van der Waals surface area contributed by atoms with E-state index >= 15 is 0 Å². The van der Waals surface area contributed by atoms with Crippen LogP contribution < -0.4 is 0 Å². The van der Waals surface area contributed by atoms with Gasteiger partial charge in [-0.1, -0.05) is 0 Å². The molecule has 1 aromatic rings. The second kappa shape index (κ2) is 12.2. The Hall–Kier alpha value is -3.97. The highest BCUT2D eigenvalue weighted by molar-refractivity contribution is 5.69. The van der Waals surface area contributed by atoms with Gasteiger partial charge in [0.25, 0.3) is 5.69 Å². The van der Waals surface area contributed by atoms with Crippen LogP contribution in [0.3, 0.4) is 0 Å². The average Bonchev–Trinajstić information content (AvgIpc) is 3.15. The van der Waals surface area contributed by atoms with Crippen molar-refractivity contribution in [2.24, 2.45) is 0 Å². The minimum atomic E-state index is -1.75. The molecule has 1 N–H and O–H groups in total. The van der Waals surface area contributed by atoms with Gasteiger partial charge in [0.05, 0.1) is 16.7 Å². The van der Waals surface area contributed by atoms with E-state index in [9.17, 15) is 34.1 Å². The number of ether oxygens (including phenoxy) is 5. The number of hydrogen-bond donors (Lipinski definition) is 1. The van der Waals surface area contributed by atoms with Crippen LogP contribution in [-0.4, -0.2) is 64.7 Å². The predicted octanol–water partition coefficient (Wildman–Crippen LogP) is 0.885. The maximum absolute atomic E-state index is 11.9. The zero-order chi connectivity index (χ0) is 25.3. The lowest BCUT2D eigenvalue weighted by molar-refractivity contribution is -0.386. The molecule has 33 heavy (non-hydrogen) atoms. The first-order chi connectivity index (χ1) is 15.3. The number of aromatic nitrogens is 1. The molecular weight excluding hydrogens is 448 g/mol. The summed E-state index contributed by atoms with van der Waals surface area (Å²) >= 11 is 0. The third-order valence-electron chi connectivity index (χ3n) is 3.91. The van der Waals surface area contributed by atoms with Crippen LogP contribution in [0.1, 0.15) is 46.3 Å². The van der Waals surface area contributed by atoms with Crippen molar-refractivity contribution in [2.75, 3.05) is 6.61 Å². The Labute approximate surface area is 187 Å².